The summed E-state index contributed by atoms with van der Waals surface area (Å²) in [7, 11) is 0. The van der Waals surface area contributed by atoms with Crippen LogP contribution in [0.1, 0.15) is 50.5 Å². The van der Waals surface area contributed by atoms with E-state index in [4.69, 9.17) is 0 Å². The van der Waals surface area contributed by atoms with Crippen molar-refractivity contribution >= 4 is 5.91 Å². The van der Waals surface area contributed by atoms with Gasteiger partial charge in [0, 0.05) is 13.1 Å². The zero-order valence-electron chi connectivity index (χ0n) is 15.8. The number of allylic oxidation sites excluding steroid dienone is 1. The number of alkyl halides is 3. The lowest BCUT2D eigenvalue weighted by molar-refractivity contribution is -0.274. The van der Waals surface area contributed by atoms with Crippen molar-refractivity contribution in [2.75, 3.05) is 6.54 Å². The van der Waals surface area contributed by atoms with Crippen molar-refractivity contribution in [2.45, 2.75) is 63.5 Å². The first-order valence-corrected chi connectivity index (χ1v) is 9.62. The summed E-state index contributed by atoms with van der Waals surface area (Å²) in [6.07, 6.45) is 1.87. The van der Waals surface area contributed by atoms with Crippen molar-refractivity contribution in [3.05, 3.63) is 42.5 Å². The molecule has 28 heavy (non-hydrogen) atoms. The number of carbonyl (C=O) groups is 1. The maximum absolute atomic E-state index is 13.0. The number of benzene rings is 1. The Hall–Kier alpha value is -2.02. The summed E-state index contributed by atoms with van der Waals surface area (Å²) in [6, 6.07) is 5.63. The van der Waals surface area contributed by atoms with E-state index in [-0.39, 0.29) is 11.7 Å². The van der Waals surface area contributed by atoms with E-state index < -0.39 is 17.4 Å². The van der Waals surface area contributed by atoms with Crippen molar-refractivity contribution in [1.29, 1.82) is 0 Å². The fourth-order valence-electron chi connectivity index (χ4n) is 4.34. The van der Waals surface area contributed by atoms with E-state index in [2.05, 4.69) is 11.3 Å². The number of carbonyl (C=O) groups excluding carboxylic acids is 1. The van der Waals surface area contributed by atoms with Crippen LogP contribution in [-0.2, 0) is 11.3 Å². The van der Waals surface area contributed by atoms with Gasteiger partial charge >= 0.3 is 6.36 Å². The van der Waals surface area contributed by atoms with Gasteiger partial charge in [0.1, 0.15) is 5.75 Å². The lowest BCUT2D eigenvalue weighted by Gasteiger charge is -2.41. The number of hydrogen-bond donors (Lipinski definition) is 1. The van der Waals surface area contributed by atoms with Crippen molar-refractivity contribution in [3.63, 3.8) is 0 Å². The molecule has 1 amide bonds. The van der Waals surface area contributed by atoms with Gasteiger partial charge in [-0.3, -0.25) is 4.79 Å². The Morgan fingerprint density at radius 1 is 1.14 bits per heavy atom. The van der Waals surface area contributed by atoms with Crippen molar-refractivity contribution in [3.8, 4) is 5.75 Å². The zero-order chi connectivity index (χ0) is 20.4. The van der Waals surface area contributed by atoms with Crippen LogP contribution in [0.3, 0.4) is 0 Å². The predicted molar refractivity (Wildman–Crippen MR) is 98.4 cm³/mol. The van der Waals surface area contributed by atoms with Crippen LogP contribution in [0.15, 0.2) is 36.9 Å². The molecule has 1 aromatic rings. The second-order valence-electron chi connectivity index (χ2n) is 8.00. The van der Waals surface area contributed by atoms with Crippen LogP contribution < -0.4 is 4.74 Å². The molecule has 2 fully saturated rings. The van der Waals surface area contributed by atoms with Gasteiger partial charge in [0.05, 0.1) is 11.0 Å². The van der Waals surface area contributed by atoms with Crippen LogP contribution in [0.5, 0.6) is 5.75 Å². The fourth-order valence-corrected chi connectivity index (χ4v) is 4.34. The predicted octanol–water partition coefficient (Wildman–Crippen LogP) is 4.58. The molecule has 2 aliphatic rings. The quantitative estimate of drug-likeness (QED) is 0.715. The van der Waals surface area contributed by atoms with Gasteiger partial charge < -0.3 is 14.7 Å². The summed E-state index contributed by atoms with van der Waals surface area (Å²) in [5.74, 6) is -0.180. The highest BCUT2D eigenvalue weighted by molar-refractivity contribution is 5.85. The first kappa shape index (κ1) is 20.7. The first-order valence-electron chi connectivity index (χ1n) is 9.62. The van der Waals surface area contributed by atoms with Crippen LogP contribution in [0, 0.1) is 5.41 Å². The highest BCUT2D eigenvalue weighted by Gasteiger charge is 2.50. The number of halogens is 3. The van der Waals surface area contributed by atoms with Gasteiger partial charge in [-0.2, -0.15) is 0 Å². The first-order chi connectivity index (χ1) is 13.1. The normalized spacial score (nSPS) is 28.0. The smallest absolute Gasteiger partial charge is 0.406 e. The average molecular weight is 397 g/mol. The fraction of sp³-hybridized carbons (Fsp3) is 0.571. The van der Waals surface area contributed by atoms with E-state index in [1.807, 2.05) is 0 Å². The molecule has 3 rings (SSSR count). The van der Waals surface area contributed by atoms with Crippen LogP contribution >= 0.6 is 0 Å². The molecular weight excluding hydrogens is 371 g/mol. The molecule has 4 nitrogen and oxygen atoms in total. The van der Waals surface area contributed by atoms with Gasteiger partial charge in [0.15, 0.2) is 0 Å². The third-order valence-corrected chi connectivity index (χ3v) is 6.08. The van der Waals surface area contributed by atoms with Gasteiger partial charge in [-0.05, 0) is 62.6 Å². The van der Waals surface area contributed by atoms with Gasteiger partial charge in [0.2, 0.25) is 5.91 Å². The molecule has 0 radical (unpaired) electrons. The van der Waals surface area contributed by atoms with Crippen molar-refractivity contribution in [1.82, 2.24) is 4.90 Å². The van der Waals surface area contributed by atoms with Crippen LogP contribution in [0.2, 0.25) is 0 Å². The molecule has 0 bridgehead atoms. The lowest BCUT2D eigenvalue weighted by atomic mass is 9.66. The van der Waals surface area contributed by atoms with E-state index in [1.54, 1.807) is 23.1 Å². The van der Waals surface area contributed by atoms with E-state index >= 15 is 0 Å². The van der Waals surface area contributed by atoms with Crippen molar-refractivity contribution < 1.29 is 27.8 Å². The summed E-state index contributed by atoms with van der Waals surface area (Å²) < 4.78 is 40.6. The molecule has 154 valence electrons. The number of aliphatic hydroxyl groups is 1. The Labute approximate surface area is 163 Å². The third-order valence-electron chi connectivity index (χ3n) is 6.08. The monoisotopic (exact) mass is 397 g/mol. The minimum atomic E-state index is -4.71. The molecule has 0 aromatic heterocycles. The maximum atomic E-state index is 13.0. The van der Waals surface area contributed by atoms with Crippen LogP contribution in [0.25, 0.3) is 0 Å². The summed E-state index contributed by atoms with van der Waals surface area (Å²) in [5, 5.41) is 10.7. The Kier molecular flexibility index (Phi) is 5.75. The molecule has 1 spiro atoms. The number of amides is 1. The Morgan fingerprint density at radius 2 is 1.79 bits per heavy atom. The molecule has 1 aliphatic carbocycles. The maximum Gasteiger partial charge on any atom is 0.573 e. The molecule has 7 heteroatoms. The summed E-state index contributed by atoms with van der Waals surface area (Å²) in [4.78, 5) is 14.8. The highest BCUT2D eigenvalue weighted by Crippen LogP contribution is 2.49. The third kappa shape index (κ3) is 4.69. The number of likely N-dealkylation sites (tertiary alicyclic amines) is 1. The van der Waals surface area contributed by atoms with Crippen LogP contribution in [-0.4, -0.2) is 34.4 Å². The molecule has 1 saturated heterocycles. The largest absolute Gasteiger partial charge is 0.573 e. The highest BCUT2D eigenvalue weighted by atomic mass is 19.4. The van der Waals surface area contributed by atoms with Gasteiger partial charge in [0.25, 0.3) is 0 Å². The number of hydrogen-bond acceptors (Lipinski definition) is 3. The SMILES string of the molecule is C=CCCC1(O)CCC2(CCN(Cc3ccc(OC(F)(F)F)cc3)C2=O)CC1. The average Bonchev–Trinajstić information content (AvgIpc) is 2.93. The minimum Gasteiger partial charge on any atom is -0.406 e. The van der Waals surface area contributed by atoms with E-state index in [9.17, 15) is 23.1 Å². The Bertz CT molecular complexity index is 707. The number of rotatable bonds is 6. The Balaban J connectivity index is 1.58. The number of nitrogens with zero attached hydrogens (tertiary/aromatic N) is 1. The zero-order valence-corrected chi connectivity index (χ0v) is 15.8. The summed E-state index contributed by atoms with van der Waals surface area (Å²) >= 11 is 0. The van der Waals surface area contributed by atoms with Gasteiger partial charge in [-0.15, -0.1) is 19.8 Å². The Morgan fingerprint density at radius 3 is 2.36 bits per heavy atom. The van der Waals surface area contributed by atoms with E-state index in [0.717, 1.165) is 18.4 Å². The van der Waals surface area contributed by atoms with Gasteiger partial charge in [-0.25, -0.2) is 0 Å². The molecule has 1 aliphatic heterocycles. The molecule has 1 N–H and O–H groups in total. The second kappa shape index (κ2) is 7.78. The number of ether oxygens (including phenoxy) is 1. The van der Waals surface area contributed by atoms with E-state index in [1.165, 1.54) is 12.1 Å². The molecular formula is C21H26F3NO3. The minimum absolute atomic E-state index is 0.0916. The van der Waals surface area contributed by atoms with Gasteiger partial charge in [-0.1, -0.05) is 18.2 Å². The molecule has 0 atom stereocenters. The van der Waals surface area contributed by atoms with Crippen molar-refractivity contribution in [2.24, 2.45) is 5.41 Å². The summed E-state index contributed by atoms with van der Waals surface area (Å²) in [5.41, 5.74) is -0.348. The molecule has 1 heterocycles. The topological polar surface area (TPSA) is 49.8 Å². The second-order valence-corrected chi connectivity index (χ2v) is 8.00. The summed E-state index contributed by atoms with van der Waals surface area (Å²) in [6.45, 7) is 4.69. The van der Waals surface area contributed by atoms with Crippen LogP contribution in [0.4, 0.5) is 13.2 Å². The lowest BCUT2D eigenvalue weighted by Crippen LogP contribution is -2.43. The molecule has 0 unspecified atom stereocenters. The molecule has 1 saturated carbocycles. The molecule has 1 aromatic carbocycles. The standard InChI is InChI=1S/C21H26F3NO3/c1-2-3-8-20(27)11-9-19(10-12-20)13-14-25(18(19)26)15-16-4-6-17(7-5-16)28-21(22,23)24/h2,4-7,27H,1,3,8-15H2. The van der Waals surface area contributed by atoms with E-state index in [0.29, 0.717) is 45.2 Å².